The van der Waals surface area contributed by atoms with Gasteiger partial charge in [-0.2, -0.15) is 0 Å². The fourth-order valence-corrected chi connectivity index (χ4v) is 4.06. The molecule has 0 unspecified atom stereocenters. The summed E-state index contributed by atoms with van der Waals surface area (Å²) in [6.07, 6.45) is 4.20. The van der Waals surface area contributed by atoms with Crippen molar-refractivity contribution in [2.75, 3.05) is 13.1 Å². The lowest BCUT2D eigenvalue weighted by molar-refractivity contribution is -0.130. The number of nitrogens with one attached hydrogen (secondary N) is 1. The van der Waals surface area contributed by atoms with Gasteiger partial charge in [0.25, 0.3) is 0 Å². The predicted octanol–water partition coefficient (Wildman–Crippen LogP) is 4.98. The van der Waals surface area contributed by atoms with Crippen LogP contribution >= 0.6 is 0 Å². The Morgan fingerprint density at radius 1 is 1.19 bits per heavy atom. The van der Waals surface area contributed by atoms with Crippen molar-refractivity contribution in [1.29, 1.82) is 0 Å². The third kappa shape index (κ3) is 6.79. The molecule has 1 fully saturated rings. The van der Waals surface area contributed by atoms with Gasteiger partial charge < -0.3 is 10.1 Å². The summed E-state index contributed by atoms with van der Waals surface area (Å²) in [4.78, 5) is 19.9. The molecule has 5 nitrogen and oxygen atoms in total. The fourth-order valence-electron chi connectivity index (χ4n) is 4.06. The van der Waals surface area contributed by atoms with E-state index in [1.54, 1.807) is 0 Å². The van der Waals surface area contributed by atoms with E-state index in [1.165, 1.54) is 5.56 Å². The number of carbonyl (C=O) groups is 1. The molecule has 0 aliphatic carbocycles. The molecule has 0 radical (unpaired) electrons. The van der Waals surface area contributed by atoms with Gasteiger partial charge in [-0.3, -0.25) is 14.7 Å². The highest BCUT2D eigenvalue weighted by molar-refractivity contribution is 5.81. The van der Waals surface area contributed by atoms with Crippen molar-refractivity contribution in [1.82, 2.24) is 15.2 Å². The number of nitrogens with zero attached hydrogens (tertiary/aromatic N) is 2. The maximum absolute atomic E-state index is 12.8. The van der Waals surface area contributed by atoms with E-state index in [0.29, 0.717) is 5.92 Å². The van der Waals surface area contributed by atoms with Crippen LogP contribution in [0.3, 0.4) is 0 Å². The number of carbonyl (C=O) groups excluding carboxylic acids is 1. The standard InChI is InChI=1S/C26H37N3O2/c1-19(2)31-22-13-11-20(12-14-22)17-29-16-8-9-21(18-29)24(23-10-6-7-15-27-23)28-25(30)26(3,4)5/h6-7,10-15,19,21,24H,8-9,16-18H2,1-5H3,(H,28,30)/t21-,24+/m0/s1. The highest BCUT2D eigenvalue weighted by Gasteiger charge is 2.33. The molecule has 3 rings (SSSR count). The van der Waals surface area contributed by atoms with Crippen LogP contribution in [0.15, 0.2) is 48.7 Å². The molecule has 5 heteroatoms. The number of benzene rings is 1. The third-order valence-electron chi connectivity index (χ3n) is 5.69. The van der Waals surface area contributed by atoms with Gasteiger partial charge >= 0.3 is 0 Å². The van der Waals surface area contributed by atoms with Gasteiger partial charge in [0.05, 0.1) is 17.8 Å². The molecule has 1 aromatic heterocycles. The van der Waals surface area contributed by atoms with E-state index in [2.05, 4.69) is 39.5 Å². The van der Waals surface area contributed by atoms with Crippen LogP contribution in [0, 0.1) is 11.3 Å². The minimum absolute atomic E-state index is 0.0704. The van der Waals surface area contributed by atoms with E-state index >= 15 is 0 Å². The number of likely N-dealkylation sites (tertiary alicyclic amines) is 1. The van der Waals surface area contributed by atoms with Crippen molar-refractivity contribution >= 4 is 5.91 Å². The zero-order chi connectivity index (χ0) is 22.4. The normalized spacial score (nSPS) is 18.6. The average molecular weight is 424 g/mol. The summed E-state index contributed by atoms with van der Waals surface area (Å²) >= 11 is 0. The summed E-state index contributed by atoms with van der Waals surface area (Å²) in [6, 6.07) is 14.3. The van der Waals surface area contributed by atoms with Crippen molar-refractivity contribution in [2.45, 2.75) is 66.2 Å². The fraction of sp³-hybridized carbons (Fsp3) is 0.538. The third-order valence-corrected chi connectivity index (χ3v) is 5.69. The van der Waals surface area contributed by atoms with Crippen LogP contribution in [-0.4, -0.2) is 35.0 Å². The van der Waals surface area contributed by atoms with Gasteiger partial charge in [0.15, 0.2) is 0 Å². The summed E-state index contributed by atoms with van der Waals surface area (Å²) in [5.41, 5.74) is 1.80. The quantitative estimate of drug-likeness (QED) is 0.682. The van der Waals surface area contributed by atoms with Crippen LogP contribution in [0.1, 0.15) is 64.8 Å². The number of hydrogen-bond acceptors (Lipinski definition) is 4. The molecule has 1 aromatic carbocycles. The lowest BCUT2D eigenvalue weighted by atomic mass is 9.86. The molecule has 1 amide bonds. The molecule has 2 aromatic rings. The Hall–Kier alpha value is -2.40. The molecule has 31 heavy (non-hydrogen) atoms. The van der Waals surface area contributed by atoms with Crippen LogP contribution in [0.5, 0.6) is 5.75 Å². The van der Waals surface area contributed by atoms with Gasteiger partial charge in [-0.15, -0.1) is 0 Å². The molecule has 0 spiro atoms. The van der Waals surface area contributed by atoms with Crippen LogP contribution < -0.4 is 10.1 Å². The summed E-state index contributed by atoms with van der Waals surface area (Å²) in [7, 11) is 0. The Morgan fingerprint density at radius 2 is 1.94 bits per heavy atom. The smallest absolute Gasteiger partial charge is 0.225 e. The molecule has 1 saturated heterocycles. The maximum Gasteiger partial charge on any atom is 0.225 e. The van der Waals surface area contributed by atoms with Gasteiger partial charge in [-0.05, 0) is 69.0 Å². The summed E-state index contributed by atoms with van der Waals surface area (Å²) < 4.78 is 5.76. The van der Waals surface area contributed by atoms with Crippen molar-refractivity contribution < 1.29 is 9.53 Å². The van der Waals surface area contributed by atoms with Gasteiger partial charge in [-0.25, -0.2) is 0 Å². The predicted molar refractivity (Wildman–Crippen MR) is 125 cm³/mol. The highest BCUT2D eigenvalue weighted by atomic mass is 16.5. The molecule has 2 heterocycles. The molecule has 0 bridgehead atoms. The Morgan fingerprint density at radius 3 is 2.55 bits per heavy atom. The zero-order valence-corrected chi connectivity index (χ0v) is 19.6. The molecule has 1 N–H and O–H groups in total. The van der Waals surface area contributed by atoms with Crippen molar-refractivity contribution in [3.8, 4) is 5.75 Å². The maximum atomic E-state index is 12.8. The zero-order valence-electron chi connectivity index (χ0n) is 19.6. The summed E-state index contributed by atoms with van der Waals surface area (Å²) in [5, 5.41) is 3.31. The van der Waals surface area contributed by atoms with E-state index in [0.717, 1.165) is 43.9 Å². The Bertz CT molecular complexity index is 828. The average Bonchev–Trinajstić information content (AvgIpc) is 2.73. The second kappa shape index (κ2) is 10.3. The minimum Gasteiger partial charge on any atom is -0.491 e. The molecule has 1 aliphatic rings. The molecule has 2 atom stereocenters. The molecular formula is C26H37N3O2. The lowest BCUT2D eigenvalue weighted by Crippen LogP contribution is -2.45. The van der Waals surface area contributed by atoms with Crippen LogP contribution in [0.2, 0.25) is 0 Å². The van der Waals surface area contributed by atoms with E-state index in [9.17, 15) is 4.79 Å². The van der Waals surface area contributed by atoms with Crippen LogP contribution in [0.4, 0.5) is 0 Å². The molecule has 0 saturated carbocycles. The van der Waals surface area contributed by atoms with Gasteiger partial charge in [0.1, 0.15) is 5.75 Å². The van der Waals surface area contributed by atoms with Gasteiger partial charge in [0.2, 0.25) is 5.91 Å². The monoisotopic (exact) mass is 423 g/mol. The first-order valence-electron chi connectivity index (χ1n) is 11.4. The Balaban J connectivity index is 1.70. The topological polar surface area (TPSA) is 54.5 Å². The highest BCUT2D eigenvalue weighted by Crippen LogP contribution is 2.31. The second-order valence-corrected chi connectivity index (χ2v) is 9.90. The lowest BCUT2D eigenvalue weighted by Gasteiger charge is -2.38. The van der Waals surface area contributed by atoms with Crippen molar-refractivity contribution in [3.63, 3.8) is 0 Å². The molecule has 168 valence electrons. The first-order valence-corrected chi connectivity index (χ1v) is 11.4. The number of rotatable bonds is 7. The van der Waals surface area contributed by atoms with E-state index in [4.69, 9.17) is 4.74 Å². The van der Waals surface area contributed by atoms with Crippen molar-refractivity contribution in [3.05, 3.63) is 59.9 Å². The number of hydrogen-bond donors (Lipinski definition) is 1. The molecule has 1 aliphatic heterocycles. The summed E-state index contributed by atoms with van der Waals surface area (Å²) in [6.45, 7) is 12.9. The SMILES string of the molecule is CC(C)Oc1ccc(CN2CCC[C@H]([C@@H](NC(=O)C(C)(C)C)c3ccccn3)C2)cc1. The molecular weight excluding hydrogens is 386 g/mol. The first-order chi connectivity index (χ1) is 14.7. The van der Waals surface area contributed by atoms with Crippen molar-refractivity contribution in [2.24, 2.45) is 11.3 Å². The summed E-state index contributed by atoms with van der Waals surface area (Å²) in [5.74, 6) is 1.31. The van der Waals surface area contributed by atoms with Gasteiger partial charge in [0, 0.05) is 24.7 Å². The number of ether oxygens (including phenoxy) is 1. The van der Waals surface area contributed by atoms with Crippen LogP contribution in [0.25, 0.3) is 0 Å². The number of aromatic nitrogens is 1. The Kier molecular flexibility index (Phi) is 7.71. The minimum atomic E-state index is -0.429. The van der Waals surface area contributed by atoms with Crippen LogP contribution in [-0.2, 0) is 11.3 Å². The first kappa shape index (κ1) is 23.3. The number of amides is 1. The van der Waals surface area contributed by atoms with E-state index in [-0.39, 0.29) is 18.1 Å². The number of piperidine rings is 1. The Labute approximate surface area is 187 Å². The van der Waals surface area contributed by atoms with E-state index < -0.39 is 5.41 Å². The van der Waals surface area contributed by atoms with Gasteiger partial charge in [-0.1, -0.05) is 39.0 Å². The number of pyridine rings is 1. The second-order valence-electron chi connectivity index (χ2n) is 9.90. The largest absolute Gasteiger partial charge is 0.491 e. The van der Waals surface area contributed by atoms with E-state index in [1.807, 2.05) is 59.0 Å².